The van der Waals surface area contributed by atoms with Gasteiger partial charge in [0.25, 0.3) is 0 Å². The third kappa shape index (κ3) is 2.78. The third-order valence-electron chi connectivity index (χ3n) is 2.27. The summed E-state index contributed by atoms with van der Waals surface area (Å²) in [6.07, 6.45) is 1.69. The van der Waals surface area contributed by atoms with Crippen LogP contribution in [0, 0.1) is 0 Å². The summed E-state index contributed by atoms with van der Waals surface area (Å²) in [4.78, 5) is 15.9. The van der Waals surface area contributed by atoms with E-state index in [1.54, 1.807) is 23.8 Å². The van der Waals surface area contributed by atoms with Crippen molar-refractivity contribution >= 4 is 17.3 Å². The molecular formula is C12H11NO4S. The summed E-state index contributed by atoms with van der Waals surface area (Å²) in [5.41, 5.74) is 1.81. The Kier molecular flexibility index (Phi) is 3.78. The number of ether oxygens (including phenoxy) is 2. The minimum absolute atomic E-state index is 0.111. The van der Waals surface area contributed by atoms with Crippen molar-refractivity contribution in [3.8, 4) is 11.5 Å². The Morgan fingerprint density at radius 3 is 2.94 bits per heavy atom. The maximum Gasteiger partial charge on any atom is 0.339 e. The molecule has 0 fully saturated rings. The van der Waals surface area contributed by atoms with E-state index >= 15 is 0 Å². The zero-order valence-electron chi connectivity index (χ0n) is 9.62. The molecule has 1 heterocycles. The molecular weight excluding hydrogens is 254 g/mol. The zero-order chi connectivity index (χ0) is 13.0. The highest BCUT2D eigenvalue weighted by Crippen LogP contribution is 2.26. The topological polar surface area (TPSA) is 68.7 Å². The van der Waals surface area contributed by atoms with Crippen LogP contribution < -0.4 is 9.47 Å². The number of methoxy groups -OCH3 is 1. The number of rotatable bonds is 5. The van der Waals surface area contributed by atoms with Gasteiger partial charge in [-0.05, 0) is 12.1 Å². The van der Waals surface area contributed by atoms with Gasteiger partial charge in [-0.25, -0.2) is 4.79 Å². The first kappa shape index (κ1) is 12.4. The Labute approximate surface area is 108 Å². The highest BCUT2D eigenvalue weighted by molar-refractivity contribution is 7.09. The van der Waals surface area contributed by atoms with Gasteiger partial charge in [-0.2, -0.15) is 0 Å². The normalized spacial score (nSPS) is 10.1. The van der Waals surface area contributed by atoms with Gasteiger partial charge in [0.2, 0.25) is 0 Å². The summed E-state index contributed by atoms with van der Waals surface area (Å²) in [5, 5.41) is 9.06. The maximum absolute atomic E-state index is 11.1. The molecule has 0 atom stereocenters. The molecule has 0 saturated carbocycles. The van der Waals surface area contributed by atoms with Crippen LogP contribution in [0.1, 0.15) is 15.2 Å². The average molecular weight is 265 g/mol. The van der Waals surface area contributed by atoms with Crippen LogP contribution >= 0.6 is 11.3 Å². The van der Waals surface area contributed by atoms with E-state index in [2.05, 4.69) is 4.98 Å². The first-order valence-corrected chi connectivity index (χ1v) is 6.00. The molecule has 0 amide bonds. The van der Waals surface area contributed by atoms with Crippen molar-refractivity contribution in [1.82, 2.24) is 4.98 Å². The molecule has 0 aliphatic rings. The van der Waals surface area contributed by atoms with Gasteiger partial charge >= 0.3 is 5.97 Å². The summed E-state index contributed by atoms with van der Waals surface area (Å²) in [5.74, 6) is -0.188. The van der Waals surface area contributed by atoms with Crippen molar-refractivity contribution in [3.63, 3.8) is 0 Å². The van der Waals surface area contributed by atoms with Gasteiger partial charge in [0.05, 0.1) is 17.5 Å². The van der Waals surface area contributed by atoms with Gasteiger partial charge < -0.3 is 14.6 Å². The molecule has 1 N–H and O–H groups in total. The number of carboxylic acids is 1. The van der Waals surface area contributed by atoms with Crippen molar-refractivity contribution < 1.29 is 19.4 Å². The van der Waals surface area contributed by atoms with Crippen molar-refractivity contribution in [3.05, 3.63) is 40.3 Å². The largest absolute Gasteiger partial charge is 0.497 e. The predicted molar refractivity (Wildman–Crippen MR) is 66.4 cm³/mol. The lowest BCUT2D eigenvalue weighted by Crippen LogP contribution is -2.03. The van der Waals surface area contributed by atoms with E-state index in [4.69, 9.17) is 14.6 Å². The fourth-order valence-electron chi connectivity index (χ4n) is 1.39. The molecule has 0 spiro atoms. The van der Waals surface area contributed by atoms with Crippen molar-refractivity contribution in [2.75, 3.05) is 7.11 Å². The molecule has 0 radical (unpaired) electrons. The van der Waals surface area contributed by atoms with E-state index in [9.17, 15) is 4.79 Å². The van der Waals surface area contributed by atoms with Crippen LogP contribution in [0.25, 0.3) is 0 Å². The monoisotopic (exact) mass is 265 g/mol. The standard InChI is InChI=1S/C12H11NO4S/c1-16-8-2-3-10(12(14)15)11(4-8)17-6-9-5-13-7-18-9/h2-5,7H,6H2,1H3,(H,14,15). The molecule has 94 valence electrons. The Bertz CT molecular complexity index is 539. The average Bonchev–Trinajstić information content (AvgIpc) is 2.88. The molecule has 0 aliphatic carbocycles. The van der Waals surface area contributed by atoms with Gasteiger partial charge in [0, 0.05) is 12.3 Å². The molecule has 0 aliphatic heterocycles. The number of nitrogens with zero attached hydrogens (tertiary/aromatic N) is 1. The quantitative estimate of drug-likeness (QED) is 0.899. The number of carboxylic acid groups (broad SMARTS) is 1. The number of aromatic nitrogens is 1. The minimum atomic E-state index is -1.03. The van der Waals surface area contributed by atoms with Crippen LogP contribution in [0.15, 0.2) is 29.9 Å². The third-order valence-corrected chi connectivity index (χ3v) is 3.03. The molecule has 5 nitrogen and oxygen atoms in total. The summed E-state index contributed by atoms with van der Waals surface area (Å²) in [7, 11) is 1.52. The number of aromatic carboxylic acids is 1. The predicted octanol–water partition coefficient (Wildman–Crippen LogP) is 2.43. The summed E-state index contributed by atoms with van der Waals surface area (Å²) < 4.78 is 10.5. The number of benzene rings is 1. The second kappa shape index (κ2) is 5.50. The lowest BCUT2D eigenvalue weighted by atomic mass is 10.2. The van der Waals surface area contributed by atoms with E-state index in [1.165, 1.54) is 24.5 Å². The molecule has 18 heavy (non-hydrogen) atoms. The summed E-state index contributed by atoms with van der Waals surface area (Å²) in [6, 6.07) is 4.61. The first-order chi connectivity index (χ1) is 8.70. The van der Waals surface area contributed by atoms with Crippen molar-refractivity contribution in [2.45, 2.75) is 6.61 Å². The summed E-state index contributed by atoms with van der Waals surface area (Å²) in [6.45, 7) is 0.290. The van der Waals surface area contributed by atoms with E-state index in [1.807, 2.05) is 0 Å². The van der Waals surface area contributed by atoms with Crippen LogP contribution in [-0.2, 0) is 6.61 Å². The van der Waals surface area contributed by atoms with Crippen LogP contribution in [0.2, 0.25) is 0 Å². The highest BCUT2D eigenvalue weighted by Gasteiger charge is 2.12. The number of carbonyl (C=O) groups is 1. The van der Waals surface area contributed by atoms with Crippen LogP contribution in [0.3, 0.4) is 0 Å². The SMILES string of the molecule is COc1ccc(C(=O)O)c(OCc2cncs2)c1. The lowest BCUT2D eigenvalue weighted by molar-refractivity contribution is 0.0692. The van der Waals surface area contributed by atoms with E-state index in [0.717, 1.165) is 4.88 Å². The van der Waals surface area contributed by atoms with Crippen LogP contribution in [0.4, 0.5) is 0 Å². The molecule has 0 bridgehead atoms. The Balaban J connectivity index is 2.20. The molecule has 2 aromatic rings. The van der Waals surface area contributed by atoms with E-state index in [0.29, 0.717) is 5.75 Å². The lowest BCUT2D eigenvalue weighted by Gasteiger charge is -2.09. The molecule has 2 rings (SSSR count). The summed E-state index contributed by atoms with van der Waals surface area (Å²) >= 11 is 1.45. The van der Waals surface area contributed by atoms with Gasteiger partial charge in [0.1, 0.15) is 23.7 Å². The molecule has 0 saturated heterocycles. The zero-order valence-corrected chi connectivity index (χ0v) is 10.4. The number of hydrogen-bond acceptors (Lipinski definition) is 5. The second-order valence-corrected chi connectivity index (χ2v) is 4.39. The number of hydrogen-bond donors (Lipinski definition) is 1. The van der Waals surface area contributed by atoms with Crippen LogP contribution in [0.5, 0.6) is 11.5 Å². The number of thiazole rings is 1. The second-order valence-electron chi connectivity index (χ2n) is 3.42. The van der Waals surface area contributed by atoms with Crippen LogP contribution in [-0.4, -0.2) is 23.2 Å². The van der Waals surface area contributed by atoms with Crippen molar-refractivity contribution in [1.29, 1.82) is 0 Å². The van der Waals surface area contributed by atoms with Crippen molar-refractivity contribution in [2.24, 2.45) is 0 Å². The Morgan fingerprint density at radius 2 is 2.33 bits per heavy atom. The molecule has 0 unspecified atom stereocenters. The van der Waals surface area contributed by atoms with Gasteiger partial charge in [-0.3, -0.25) is 4.98 Å². The molecule has 6 heteroatoms. The first-order valence-electron chi connectivity index (χ1n) is 5.12. The maximum atomic E-state index is 11.1. The van der Waals surface area contributed by atoms with Gasteiger partial charge in [0.15, 0.2) is 0 Å². The molecule has 1 aromatic heterocycles. The van der Waals surface area contributed by atoms with Gasteiger partial charge in [-0.1, -0.05) is 0 Å². The van der Waals surface area contributed by atoms with Gasteiger partial charge in [-0.15, -0.1) is 11.3 Å². The van der Waals surface area contributed by atoms with E-state index in [-0.39, 0.29) is 17.9 Å². The highest BCUT2D eigenvalue weighted by atomic mass is 32.1. The fourth-order valence-corrected chi connectivity index (χ4v) is 1.89. The smallest absolute Gasteiger partial charge is 0.339 e. The Morgan fingerprint density at radius 1 is 1.50 bits per heavy atom. The minimum Gasteiger partial charge on any atom is -0.497 e. The fraction of sp³-hybridized carbons (Fsp3) is 0.167. The van der Waals surface area contributed by atoms with E-state index < -0.39 is 5.97 Å². The Hall–Kier alpha value is -2.08. The molecule has 1 aromatic carbocycles.